The van der Waals surface area contributed by atoms with Crippen LogP contribution in [0.2, 0.25) is 5.02 Å². The second-order valence-corrected chi connectivity index (χ2v) is 8.24. The number of thiophene rings is 1. The number of fused-ring (bicyclic) bond motifs is 1. The molecule has 0 radical (unpaired) electrons. The molecule has 2 aromatic carbocycles. The highest BCUT2D eigenvalue weighted by molar-refractivity contribution is 7.21. The van der Waals surface area contributed by atoms with Crippen LogP contribution in [0.5, 0.6) is 0 Å². The van der Waals surface area contributed by atoms with Gasteiger partial charge in [-0.2, -0.15) is 0 Å². The van der Waals surface area contributed by atoms with Gasteiger partial charge in [-0.05, 0) is 48.7 Å². The van der Waals surface area contributed by atoms with Gasteiger partial charge in [-0.25, -0.2) is 4.39 Å². The van der Waals surface area contributed by atoms with Crippen LogP contribution < -0.4 is 5.32 Å². The van der Waals surface area contributed by atoms with Gasteiger partial charge in [0.2, 0.25) is 5.91 Å². The molecule has 2 heterocycles. The number of carbonyl (C=O) groups excluding carboxylic acids is 2. The first kappa shape index (κ1) is 18.9. The number of hydrogen-bond acceptors (Lipinski definition) is 3. The van der Waals surface area contributed by atoms with E-state index in [1.807, 2.05) is 23.1 Å². The molecule has 144 valence electrons. The molecule has 4 rings (SSSR count). The second kappa shape index (κ2) is 7.89. The van der Waals surface area contributed by atoms with E-state index < -0.39 is 0 Å². The number of piperidine rings is 1. The summed E-state index contributed by atoms with van der Waals surface area (Å²) in [6.45, 7) is 1.30. The van der Waals surface area contributed by atoms with Crippen LogP contribution in [0.1, 0.15) is 34.5 Å². The molecular weight excluding hydrogens is 399 g/mol. The Hall–Kier alpha value is -2.44. The van der Waals surface area contributed by atoms with Gasteiger partial charge in [-0.1, -0.05) is 23.7 Å². The second-order valence-electron chi connectivity index (χ2n) is 6.81. The highest BCUT2D eigenvalue weighted by Crippen LogP contribution is 2.36. The molecule has 1 aromatic heterocycles. The molecular formula is C21H18ClFN2O2S. The minimum absolute atomic E-state index is 0.171. The molecule has 0 aliphatic carbocycles. The van der Waals surface area contributed by atoms with Crippen molar-refractivity contribution in [3.05, 3.63) is 63.7 Å². The molecule has 3 aromatic rings. The summed E-state index contributed by atoms with van der Waals surface area (Å²) < 4.78 is 14.1. The lowest BCUT2D eigenvalue weighted by atomic mass is 10.1. The molecule has 0 unspecified atom stereocenters. The Morgan fingerprint density at radius 1 is 1.21 bits per heavy atom. The number of hydrogen-bond donors (Lipinski definition) is 1. The molecule has 0 atom stereocenters. The minimum atomic E-state index is -0.364. The summed E-state index contributed by atoms with van der Waals surface area (Å²) in [7, 11) is 0. The van der Waals surface area contributed by atoms with E-state index in [1.165, 1.54) is 12.1 Å². The SMILES string of the molecule is O=C(Nc1cccc(CN2CCCCC2=O)c1)c1sc2cc(F)ccc2c1Cl. The molecule has 0 spiro atoms. The maximum Gasteiger partial charge on any atom is 0.267 e. The van der Waals surface area contributed by atoms with Crippen molar-refractivity contribution in [1.29, 1.82) is 0 Å². The Morgan fingerprint density at radius 3 is 2.89 bits per heavy atom. The molecule has 1 aliphatic rings. The zero-order valence-electron chi connectivity index (χ0n) is 15.0. The fraction of sp³-hybridized carbons (Fsp3) is 0.238. The highest BCUT2D eigenvalue weighted by Gasteiger charge is 2.19. The van der Waals surface area contributed by atoms with E-state index in [4.69, 9.17) is 11.6 Å². The number of nitrogens with zero attached hydrogens (tertiary/aromatic N) is 1. The summed E-state index contributed by atoms with van der Waals surface area (Å²) in [5.41, 5.74) is 1.59. The smallest absolute Gasteiger partial charge is 0.267 e. The normalized spacial score (nSPS) is 14.5. The van der Waals surface area contributed by atoms with Crippen LogP contribution in [-0.2, 0) is 11.3 Å². The molecule has 1 aliphatic heterocycles. The number of halogens is 2. The topological polar surface area (TPSA) is 49.4 Å². The number of amides is 2. The summed E-state index contributed by atoms with van der Waals surface area (Å²) in [5, 5.41) is 3.84. The van der Waals surface area contributed by atoms with Crippen molar-refractivity contribution in [1.82, 2.24) is 4.90 Å². The predicted octanol–water partition coefficient (Wildman–Crippen LogP) is 5.46. The van der Waals surface area contributed by atoms with E-state index in [-0.39, 0.29) is 17.6 Å². The van der Waals surface area contributed by atoms with Crippen LogP contribution in [-0.4, -0.2) is 23.3 Å². The average molecular weight is 417 g/mol. The number of likely N-dealkylation sites (tertiary alicyclic amines) is 1. The Balaban J connectivity index is 1.52. The van der Waals surface area contributed by atoms with Gasteiger partial charge in [0.25, 0.3) is 5.91 Å². The molecule has 7 heteroatoms. The number of benzene rings is 2. The lowest BCUT2D eigenvalue weighted by molar-refractivity contribution is -0.133. The number of nitrogens with one attached hydrogen (secondary N) is 1. The third-order valence-corrected chi connectivity index (χ3v) is 6.43. The minimum Gasteiger partial charge on any atom is -0.338 e. The van der Waals surface area contributed by atoms with E-state index in [1.54, 1.807) is 12.1 Å². The third-order valence-electron chi connectivity index (χ3n) is 4.78. The van der Waals surface area contributed by atoms with Crippen molar-refractivity contribution in [2.24, 2.45) is 0 Å². The number of carbonyl (C=O) groups is 2. The van der Waals surface area contributed by atoms with Crippen LogP contribution in [0.4, 0.5) is 10.1 Å². The first-order chi connectivity index (χ1) is 13.5. The van der Waals surface area contributed by atoms with Gasteiger partial charge in [-0.3, -0.25) is 9.59 Å². The maximum absolute atomic E-state index is 13.4. The fourth-order valence-corrected chi connectivity index (χ4v) is 4.81. The van der Waals surface area contributed by atoms with Gasteiger partial charge < -0.3 is 10.2 Å². The van der Waals surface area contributed by atoms with Gasteiger partial charge in [0, 0.05) is 35.3 Å². The summed E-state index contributed by atoms with van der Waals surface area (Å²) in [6.07, 6.45) is 2.57. The first-order valence-corrected chi connectivity index (χ1v) is 10.3. The number of anilines is 1. The van der Waals surface area contributed by atoms with Crippen molar-refractivity contribution in [2.75, 3.05) is 11.9 Å². The van der Waals surface area contributed by atoms with Crippen LogP contribution in [0, 0.1) is 5.82 Å². The Morgan fingerprint density at radius 2 is 2.07 bits per heavy atom. The van der Waals surface area contributed by atoms with Crippen LogP contribution in [0.25, 0.3) is 10.1 Å². The Kier molecular flexibility index (Phi) is 5.33. The van der Waals surface area contributed by atoms with Gasteiger partial charge in [0.15, 0.2) is 0 Å². The van der Waals surface area contributed by atoms with E-state index in [0.717, 1.165) is 36.3 Å². The highest BCUT2D eigenvalue weighted by atomic mass is 35.5. The zero-order valence-corrected chi connectivity index (χ0v) is 16.6. The third kappa shape index (κ3) is 3.88. The van der Waals surface area contributed by atoms with E-state index in [2.05, 4.69) is 5.32 Å². The first-order valence-electron chi connectivity index (χ1n) is 9.07. The average Bonchev–Trinajstić information content (AvgIpc) is 3.00. The molecule has 4 nitrogen and oxygen atoms in total. The van der Waals surface area contributed by atoms with Crippen LogP contribution >= 0.6 is 22.9 Å². The van der Waals surface area contributed by atoms with E-state index >= 15 is 0 Å². The molecule has 2 amide bonds. The van der Waals surface area contributed by atoms with Crippen molar-refractivity contribution < 1.29 is 14.0 Å². The molecule has 0 bridgehead atoms. The van der Waals surface area contributed by atoms with Crippen molar-refractivity contribution in [2.45, 2.75) is 25.8 Å². The Bertz CT molecular complexity index is 1070. The summed E-state index contributed by atoms with van der Waals surface area (Å²) >= 11 is 7.49. The lowest BCUT2D eigenvalue weighted by Gasteiger charge is -2.26. The monoisotopic (exact) mass is 416 g/mol. The van der Waals surface area contributed by atoms with E-state index in [9.17, 15) is 14.0 Å². The van der Waals surface area contributed by atoms with Gasteiger partial charge in [0.05, 0.1) is 5.02 Å². The fourth-order valence-electron chi connectivity index (χ4n) is 3.37. The molecule has 1 fully saturated rings. The molecule has 1 saturated heterocycles. The summed E-state index contributed by atoms with van der Waals surface area (Å²) in [4.78, 5) is 26.9. The quantitative estimate of drug-likeness (QED) is 0.614. The molecule has 0 saturated carbocycles. The van der Waals surface area contributed by atoms with Crippen molar-refractivity contribution >= 4 is 50.5 Å². The predicted molar refractivity (Wildman–Crippen MR) is 110 cm³/mol. The van der Waals surface area contributed by atoms with Crippen molar-refractivity contribution in [3.8, 4) is 0 Å². The largest absolute Gasteiger partial charge is 0.338 e. The van der Waals surface area contributed by atoms with E-state index in [0.29, 0.717) is 38.6 Å². The zero-order chi connectivity index (χ0) is 19.7. The van der Waals surface area contributed by atoms with Gasteiger partial charge in [-0.15, -0.1) is 11.3 Å². The van der Waals surface area contributed by atoms with Crippen LogP contribution in [0.15, 0.2) is 42.5 Å². The lowest BCUT2D eigenvalue weighted by Crippen LogP contribution is -2.34. The van der Waals surface area contributed by atoms with Gasteiger partial charge >= 0.3 is 0 Å². The molecule has 1 N–H and O–H groups in total. The van der Waals surface area contributed by atoms with Crippen molar-refractivity contribution in [3.63, 3.8) is 0 Å². The van der Waals surface area contributed by atoms with Crippen LogP contribution in [0.3, 0.4) is 0 Å². The summed E-state index contributed by atoms with van der Waals surface area (Å²) in [5.74, 6) is -0.528. The maximum atomic E-state index is 13.4. The Labute approximate surface area is 170 Å². The standard InChI is InChI=1S/C21H18ClFN2O2S/c22-19-16-8-7-14(23)11-17(16)28-20(19)21(27)24-15-5-3-4-13(10-15)12-25-9-2-1-6-18(25)26/h3-5,7-8,10-11H,1-2,6,9,12H2,(H,24,27). The number of rotatable bonds is 4. The van der Waals surface area contributed by atoms with Gasteiger partial charge in [0.1, 0.15) is 10.7 Å². The molecule has 28 heavy (non-hydrogen) atoms. The summed E-state index contributed by atoms with van der Waals surface area (Å²) in [6, 6.07) is 11.7.